The van der Waals surface area contributed by atoms with Crippen molar-refractivity contribution in [2.75, 3.05) is 39.3 Å². The summed E-state index contributed by atoms with van der Waals surface area (Å²) in [6.07, 6.45) is 8.64. The first-order chi connectivity index (χ1) is 15.7. The monoisotopic (exact) mass is 442 g/mol. The van der Waals surface area contributed by atoms with Crippen LogP contribution < -0.4 is 5.32 Å². The van der Waals surface area contributed by atoms with E-state index in [0.29, 0.717) is 19.0 Å². The Kier molecular flexibility index (Phi) is 7.97. The van der Waals surface area contributed by atoms with Gasteiger partial charge in [-0.25, -0.2) is 0 Å². The minimum atomic E-state index is 0.0597. The van der Waals surface area contributed by atoms with Crippen molar-refractivity contribution in [3.8, 4) is 0 Å². The number of furan rings is 1. The summed E-state index contributed by atoms with van der Waals surface area (Å²) in [7, 11) is 0. The first-order valence-electron chi connectivity index (χ1n) is 12.4. The number of aromatic nitrogens is 3. The number of likely N-dealkylation sites (tertiary alicyclic amines) is 1. The molecule has 176 valence electrons. The van der Waals surface area contributed by atoms with Crippen molar-refractivity contribution in [3.63, 3.8) is 0 Å². The molecule has 2 atom stereocenters. The van der Waals surface area contributed by atoms with E-state index < -0.39 is 0 Å². The fraction of sp³-hybridized carbons (Fsp3) is 0.708. The van der Waals surface area contributed by atoms with Crippen LogP contribution in [-0.2, 0) is 17.8 Å². The lowest BCUT2D eigenvalue weighted by molar-refractivity contribution is -0.122. The molecule has 0 unspecified atom stereocenters. The highest BCUT2D eigenvalue weighted by Gasteiger charge is 2.28. The number of amides is 1. The Hall–Kier alpha value is -2.19. The normalized spacial score (nSPS) is 20.7. The molecule has 0 spiro atoms. The summed E-state index contributed by atoms with van der Waals surface area (Å²) in [6, 6.07) is 3.96. The summed E-state index contributed by atoms with van der Waals surface area (Å²) < 4.78 is 8.01. The van der Waals surface area contributed by atoms with Crippen LogP contribution in [0.4, 0.5) is 0 Å². The average molecular weight is 443 g/mol. The zero-order valence-corrected chi connectivity index (χ0v) is 19.6. The number of rotatable bonds is 9. The van der Waals surface area contributed by atoms with Crippen LogP contribution in [0, 0.1) is 0 Å². The number of hydrogen-bond acceptors (Lipinski definition) is 6. The van der Waals surface area contributed by atoms with Gasteiger partial charge in [0.1, 0.15) is 17.4 Å². The van der Waals surface area contributed by atoms with Crippen molar-refractivity contribution in [2.24, 2.45) is 0 Å². The van der Waals surface area contributed by atoms with Crippen molar-refractivity contribution >= 4 is 5.91 Å². The molecule has 4 rings (SSSR count). The van der Waals surface area contributed by atoms with E-state index in [9.17, 15) is 4.79 Å². The summed E-state index contributed by atoms with van der Waals surface area (Å²) in [5.74, 6) is 3.62. The standard InChI is InChI=1S/C24H38N6O2/c1-3-29(4-2)20(21-11-9-15-32-21)16-25-23(31)18-28-13-8-10-19(17-28)24-27-26-22-12-6-5-7-14-30(22)24/h9,11,15,19-20H,3-8,10,12-14,16-18H2,1-2H3,(H,25,31)/t19-,20+/m0/s1. The van der Waals surface area contributed by atoms with Gasteiger partial charge >= 0.3 is 0 Å². The van der Waals surface area contributed by atoms with Crippen LogP contribution in [0.1, 0.15) is 75.3 Å². The summed E-state index contributed by atoms with van der Waals surface area (Å²) in [5.41, 5.74) is 0. The molecular weight excluding hydrogens is 404 g/mol. The van der Waals surface area contributed by atoms with E-state index >= 15 is 0 Å². The van der Waals surface area contributed by atoms with Gasteiger partial charge in [-0.15, -0.1) is 10.2 Å². The van der Waals surface area contributed by atoms with Gasteiger partial charge in [-0.05, 0) is 57.5 Å². The van der Waals surface area contributed by atoms with Crippen molar-refractivity contribution < 1.29 is 9.21 Å². The molecule has 8 nitrogen and oxygen atoms in total. The Morgan fingerprint density at radius 2 is 2.09 bits per heavy atom. The maximum Gasteiger partial charge on any atom is 0.234 e. The molecule has 0 aliphatic carbocycles. The molecule has 0 aromatic carbocycles. The molecule has 32 heavy (non-hydrogen) atoms. The number of hydrogen-bond donors (Lipinski definition) is 1. The number of carbonyl (C=O) groups is 1. The van der Waals surface area contributed by atoms with Gasteiger partial charge in [0.05, 0.1) is 18.8 Å². The molecule has 4 heterocycles. The molecule has 2 aromatic heterocycles. The number of piperidine rings is 1. The van der Waals surface area contributed by atoms with E-state index in [2.05, 4.69) is 43.7 Å². The van der Waals surface area contributed by atoms with Crippen LogP contribution in [0.15, 0.2) is 22.8 Å². The summed E-state index contributed by atoms with van der Waals surface area (Å²) in [5, 5.41) is 12.2. The van der Waals surface area contributed by atoms with E-state index in [1.165, 1.54) is 19.3 Å². The number of aryl methyl sites for hydroxylation is 1. The SMILES string of the molecule is CCN(CC)[C@H](CNC(=O)CN1CCC[C@H](c2nnc3n2CCCCC3)C1)c1ccco1. The molecule has 2 aromatic rings. The van der Waals surface area contributed by atoms with Gasteiger partial charge in [-0.2, -0.15) is 0 Å². The predicted molar refractivity (Wildman–Crippen MR) is 123 cm³/mol. The third-order valence-electron chi connectivity index (χ3n) is 6.99. The Balaban J connectivity index is 1.33. The molecule has 0 radical (unpaired) electrons. The van der Waals surface area contributed by atoms with Crippen LogP contribution in [0.3, 0.4) is 0 Å². The fourth-order valence-electron chi connectivity index (χ4n) is 5.24. The van der Waals surface area contributed by atoms with Gasteiger partial charge in [-0.3, -0.25) is 14.6 Å². The van der Waals surface area contributed by atoms with Gasteiger partial charge in [0.25, 0.3) is 0 Å². The number of nitrogens with zero attached hydrogens (tertiary/aromatic N) is 5. The van der Waals surface area contributed by atoms with E-state index in [1.54, 1.807) is 6.26 Å². The van der Waals surface area contributed by atoms with Gasteiger partial charge in [-0.1, -0.05) is 20.3 Å². The van der Waals surface area contributed by atoms with Gasteiger partial charge in [0.2, 0.25) is 5.91 Å². The Bertz CT molecular complexity index is 845. The van der Waals surface area contributed by atoms with Crippen LogP contribution in [0.5, 0.6) is 0 Å². The lowest BCUT2D eigenvalue weighted by Crippen LogP contribution is -2.44. The number of fused-ring (bicyclic) bond motifs is 1. The van der Waals surface area contributed by atoms with Crippen molar-refractivity contribution in [2.45, 2.75) is 70.9 Å². The van der Waals surface area contributed by atoms with Gasteiger partial charge in [0.15, 0.2) is 0 Å². The van der Waals surface area contributed by atoms with Crippen LogP contribution in [0.25, 0.3) is 0 Å². The molecule has 2 aliphatic heterocycles. The Morgan fingerprint density at radius 1 is 1.22 bits per heavy atom. The number of likely N-dealkylation sites (N-methyl/N-ethyl adjacent to an activating group) is 1. The van der Waals surface area contributed by atoms with Crippen molar-refractivity contribution in [1.82, 2.24) is 29.9 Å². The zero-order valence-electron chi connectivity index (χ0n) is 19.6. The third-order valence-corrected chi connectivity index (χ3v) is 6.99. The highest BCUT2D eigenvalue weighted by atomic mass is 16.3. The lowest BCUT2D eigenvalue weighted by atomic mass is 9.97. The van der Waals surface area contributed by atoms with E-state index in [-0.39, 0.29) is 11.9 Å². The van der Waals surface area contributed by atoms with Crippen LogP contribution in [-0.4, -0.2) is 69.7 Å². The van der Waals surface area contributed by atoms with Crippen LogP contribution in [0.2, 0.25) is 0 Å². The fourth-order valence-corrected chi connectivity index (χ4v) is 5.24. The summed E-state index contributed by atoms with van der Waals surface area (Å²) >= 11 is 0. The van der Waals surface area contributed by atoms with E-state index in [0.717, 1.165) is 69.4 Å². The molecule has 0 saturated carbocycles. The molecule has 8 heteroatoms. The van der Waals surface area contributed by atoms with Crippen molar-refractivity contribution in [1.29, 1.82) is 0 Å². The molecule has 1 N–H and O–H groups in total. The molecule has 1 saturated heterocycles. The molecule has 1 fully saturated rings. The van der Waals surface area contributed by atoms with Gasteiger partial charge in [0, 0.05) is 32.0 Å². The minimum absolute atomic E-state index is 0.0597. The predicted octanol–water partition coefficient (Wildman–Crippen LogP) is 2.98. The van der Waals surface area contributed by atoms with E-state index in [4.69, 9.17) is 4.42 Å². The highest BCUT2D eigenvalue weighted by molar-refractivity contribution is 5.78. The molecule has 0 bridgehead atoms. The van der Waals surface area contributed by atoms with E-state index in [1.807, 2.05) is 12.1 Å². The Morgan fingerprint density at radius 3 is 2.88 bits per heavy atom. The first-order valence-corrected chi connectivity index (χ1v) is 12.4. The summed E-state index contributed by atoms with van der Waals surface area (Å²) in [4.78, 5) is 17.4. The zero-order chi connectivity index (χ0) is 22.3. The third kappa shape index (κ3) is 5.41. The summed E-state index contributed by atoms with van der Waals surface area (Å²) in [6.45, 7) is 9.96. The molecule has 2 aliphatic rings. The molecule has 1 amide bonds. The first kappa shape index (κ1) is 23.0. The highest BCUT2D eigenvalue weighted by Crippen LogP contribution is 2.28. The second-order valence-corrected chi connectivity index (χ2v) is 9.07. The topological polar surface area (TPSA) is 79.4 Å². The molecular formula is C24H38N6O2. The number of nitrogens with one attached hydrogen (secondary N) is 1. The second kappa shape index (κ2) is 11.1. The second-order valence-electron chi connectivity index (χ2n) is 9.07. The smallest absolute Gasteiger partial charge is 0.234 e. The maximum atomic E-state index is 12.8. The Labute approximate surface area is 191 Å². The average Bonchev–Trinajstić information content (AvgIpc) is 3.42. The lowest BCUT2D eigenvalue weighted by Gasteiger charge is -2.32. The van der Waals surface area contributed by atoms with Crippen molar-refractivity contribution in [3.05, 3.63) is 35.8 Å². The maximum absolute atomic E-state index is 12.8. The quantitative estimate of drug-likeness (QED) is 0.643. The largest absolute Gasteiger partial charge is 0.468 e. The minimum Gasteiger partial charge on any atom is -0.468 e. The number of carbonyl (C=O) groups excluding carboxylic acids is 1. The van der Waals surface area contributed by atoms with Gasteiger partial charge < -0.3 is 14.3 Å². The van der Waals surface area contributed by atoms with Crippen LogP contribution >= 0.6 is 0 Å².